The number of amides is 1. The van der Waals surface area contributed by atoms with Gasteiger partial charge in [-0.15, -0.1) is 0 Å². The molecule has 0 fully saturated rings. The Morgan fingerprint density at radius 1 is 1.29 bits per heavy atom. The molecule has 0 aliphatic rings. The van der Waals surface area contributed by atoms with Crippen molar-refractivity contribution in [3.63, 3.8) is 0 Å². The van der Waals surface area contributed by atoms with Crippen LogP contribution in [-0.2, 0) is 11.3 Å². The minimum absolute atomic E-state index is 0.121. The van der Waals surface area contributed by atoms with Crippen LogP contribution in [0.1, 0.15) is 33.3 Å². The Kier molecular flexibility index (Phi) is 6.18. The predicted octanol–water partition coefficient (Wildman–Crippen LogP) is 2.07. The molecule has 5 heteroatoms. The summed E-state index contributed by atoms with van der Waals surface area (Å²) in [6.07, 6.45) is -1.57. The van der Waals surface area contributed by atoms with Crippen LogP contribution in [-0.4, -0.2) is 34.1 Å². The van der Waals surface area contributed by atoms with Crippen molar-refractivity contribution in [3.05, 3.63) is 35.9 Å². The summed E-state index contributed by atoms with van der Waals surface area (Å²) >= 11 is 0. The van der Waals surface area contributed by atoms with E-state index in [1.807, 2.05) is 30.3 Å². The molecule has 1 rings (SSSR count). The first kappa shape index (κ1) is 17.5. The molecular formula is C16H25NO4. The summed E-state index contributed by atoms with van der Waals surface area (Å²) in [5.74, 6) is -0.121. The number of rotatable bonds is 6. The van der Waals surface area contributed by atoms with Crippen LogP contribution < -0.4 is 5.32 Å². The summed E-state index contributed by atoms with van der Waals surface area (Å²) in [6, 6.07) is 8.69. The molecular weight excluding hydrogens is 270 g/mol. The molecule has 0 radical (unpaired) electrons. The fourth-order valence-electron chi connectivity index (χ4n) is 2.02. The Morgan fingerprint density at radius 2 is 1.86 bits per heavy atom. The molecule has 5 nitrogen and oxygen atoms in total. The van der Waals surface area contributed by atoms with E-state index in [2.05, 4.69) is 5.32 Å². The van der Waals surface area contributed by atoms with Crippen LogP contribution in [0.3, 0.4) is 0 Å². The van der Waals surface area contributed by atoms with Gasteiger partial charge in [0.1, 0.15) is 12.2 Å². The highest BCUT2D eigenvalue weighted by Crippen LogP contribution is 2.21. The van der Waals surface area contributed by atoms with Crippen molar-refractivity contribution < 1.29 is 19.7 Å². The van der Waals surface area contributed by atoms with Gasteiger partial charge in [-0.3, -0.25) is 0 Å². The molecule has 1 amide bonds. The highest BCUT2D eigenvalue weighted by Gasteiger charge is 2.38. The van der Waals surface area contributed by atoms with Gasteiger partial charge >= 0.3 is 6.09 Å². The average molecular weight is 295 g/mol. The Hall–Kier alpha value is -1.59. The number of benzene rings is 1. The van der Waals surface area contributed by atoms with Gasteiger partial charge < -0.3 is 20.3 Å². The first-order valence-corrected chi connectivity index (χ1v) is 7.12. The number of carbonyl (C=O) groups excluding carboxylic acids is 1. The van der Waals surface area contributed by atoms with E-state index in [1.165, 1.54) is 6.92 Å². The lowest BCUT2D eigenvalue weighted by atomic mass is 9.85. The third-order valence-corrected chi connectivity index (χ3v) is 3.65. The molecule has 3 atom stereocenters. The lowest BCUT2D eigenvalue weighted by molar-refractivity contribution is -0.0994. The van der Waals surface area contributed by atoms with Gasteiger partial charge in [-0.05, 0) is 25.3 Å². The molecule has 1 aromatic rings. The summed E-state index contributed by atoms with van der Waals surface area (Å²) in [6.45, 7) is 6.91. The standard InChI is InChI=1S/C16H25NO4/c1-11(2)14(18)16(4,20)12(3)17-15(19)21-10-13-8-6-5-7-9-13/h5-9,11-12,14,18,20H,10H2,1-4H3,(H,17,19)/t12-,14-,16+/m1/s1. The highest BCUT2D eigenvalue weighted by molar-refractivity contribution is 5.67. The fraction of sp³-hybridized carbons (Fsp3) is 0.562. The van der Waals surface area contributed by atoms with Crippen molar-refractivity contribution in [2.24, 2.45) is 5.92 Å². The lowest BCUT2D eigenvalue weighted by Gasteiger charge is -2.36. The van der Waals surface area contributed by atoms with Crippen LogP contribution in [0.2, 0.25) is 0 Å². The van der Waals surface area contributed by atoms with E-state index in [9.17, 15) is 15.0 Å². The van der Waals surface area contributed by atoms with Gasteiger partial charge in [0.15, 0.2) is 0 Å². The molecule has 21 heavy (non-hydrogen) atoms. The van der Waals surface area contributed by atoms with Crippen molar-refractivity contribution in [1.82, 2.24) is 5.32 Å². The van der Waals surface area contributed by atoms with E-state index < -0.39 is 23.8 Å². The van der Waals surface area contributed by atoms with E-state index >= 15 is 0 Å². The summed E-state index contributed by atoms with van der Waals surface area (Å²) in [5.41, 5.74) is -0.547. The summed E-state index contributed by atoms with van der Waals surface area (Å²) in [5, 5.41) is 22.9. The quantitative estimate of drug-likeness (QED) is 0.750. The van der Waals surface area contributed by atoms with Gasteiger partial charge in [0.25, 0.3) is 0 Å². The van der Waals surface area contributed by atoms with Crippen LogP contribution in [0.5, 0.6) is 0 Å². The van der Waals surface area contributed by atoms with Gasteiger partial charge in [0.05, 0.1) is 12.1 Å². The topological polar surface area (TPSA) is 78.8 Å². The maximum Gasteiger partial charge on any atom is 0.407 e. The van der Waals surface area contributed by atoms with Crippen molar-refractivity contribution in [2.75, 3.05) is 0 Å². The van der Waals surface area contributed by atoms with Gasteiger partial charge in [0.2, 0.25) is 0 Å². The van der Waals surface area contributed by atoms with Gasteiger partial charge in [-0.1, -0.05) is 44.2 Å². The van der Waals surface area contributed by atoms with Crippen molar-refractivity contribution in [1.29, 1.82) is 0 Å². The summed E-state index contributed by atoms with van der Waals surface area (Å²) in [4.78, 5) is 11.7. The second-order valence-electron chi connectivity index (χ2n) is 5.84. The molecule has 0 heterocycles. The van der Waals surface area contributed by atoms with Crippen LogP contribution in [0, 0.1) is 5.92 Å². The monoisotopic (exact) mass is 295 g/mol. The number of alkyl carbamates (subject to hydrolysis) is 1. The molecule has 0 unspecified atom stereocenters. The maximum absolute atomic E-state index is 11.7. The number of nitrogens with one attached hydrogen (secondary N) is 1. The number of hydrogen-bond acceptors (Lipinski definition) is 4. The first-order chi connectivity index (χ1) is 9.75. The molecule has 0 bridgehead atoms. The molecule has 118 valence electrons. The van der Waals surface area contributed by atoms with Gasteiger partial charge in [-0.25, -0.2) is 4.79 Å². The molecule has 0 saturated carbocycles. The van der Waals surface area contributed by atoms with E-state index in [1.54, 1.807) is 20.8 Å². The number of aliphatic hydroxyl groups is 2. The molecule has 0 saturated heterocycles. The Labute approximate surface area is 125 Å². The van der Waals surface area contributed by atoms with Gasteiger partial charge in [-0.2, -0.15) is 0 Å². The Bertz CT molecular complexity index is 445. The number of hydrogen-bond donors (Lipinski definition) is 3. The minimum Gasteiger partial charge on any atom is -0.445 e. The first-order valence-electron chi connectivity index (χ1n) is 7.12. The number of ether oxygens (including phenoxy) is 1. The zero-order valence-electron chi connectivity index (χ0n) is 13.0. The zero-order chi connectivity index (χ0) is 16.0. The number of aliphatic hydroxyl groups excluding tert-OH is 1. The van der Waals surface area contributed by atoms with E-state index in [0.29, 0.717) is 0 Å². The SMILES string of the molecule is CC(C)[C@@H](O)[C@@](C)(O)[C@@H](C)NC(=O)OCc1ccccc1. The predicted molar refractivity (Wildman–Crippen MR) is 80.7 cm³/mol. The Morgan fingerprint density at radius 3 is 2.38 bits per heavy atom. The minimum atomic E-state index is -1.43. The molecule has 0 spiro atoms. The van der Waals surface area contributed by atoms with E-state index in [0.717, 1.165) is 5.56 Å². The molecule has 0 aromatic heterocycles. The Balaban J connectivity index is 2.50. The van der Waals surface area contributed by atoms with Crippen LogP contribution in [0.4, 0.5) is 4.79 Å². The zero-order valence-corrected chi connectivity index (χ0v) is 13.0. The van der Waals surface area contributed by atoms with Crippen LogP contribution in [0.25, 0.3) is 0 Å². The van der Waals surface area contributed by atoms with Crippen molar-refractivity contribution in [2.45, 2.75) is 52.0 Å². The van der Waals surface area contributed by atoms with E-state index in [-0.39, 0.29) is 12.5 Å². The second kappa shape index (κ2) is 7.43. The lowest BCUT2D eigenvalue weighted by Crippen LogP contribution is -2.57. The average Bonchev–Trinajstić information content (AvgIpc) is 2.45. The van der Waals surface area contributed by atoms with E-state index in [4.69, 9.17) is 4.74 Å². The largest absolute Gasteiger partial charge is 0.445 e. The van der Waals surface area contributed by atoms with Crippen LogP contribution >= 0.6 is 0 Å². The fourth-order valence-corrected chi connectivity index (χ4v) is 2.02. The third kappa shape index (κ3) is 5.02. The van der Waals surface area contributed by atoms with Crippen molar-refractivity contribution >= 4 is 6.09 Å². The summed E-state index contributed by atoms with van der Waals surface area (Å²) < 4.78 is 5.09. The smallest absolute Gasteiger partial charge is 0.407 e. The molecule has 3 N–H and O–H groups in total. The van der Waals surface area contributed by atoms with Crippen LogP contribution in [0.15, 0.2) is 30.3 Å². The summed E-state index contributed by atoms with van der Waals surface area (Å²) in [7, 11) is 0. The molecule has 0 aliphatic heterocycles. The molecule has 1 aromatic carbocycles. The number of carbonyl (C=O) groups is 1. The third-order valence-electron chi connectivity index (χ3n) is 3.65. The maximum atomic E-state index is 11.7. The second-order valence-corrected chi connectivity index (χ2v) is 5.84. The highest BCUT2D eigenvalue weighted by atomic mass is 16.5. The molecule has 0 aliphatic carbocycles. The van der Waals surface area contributed by atoms with Crippen molar-refractivity contribution in [3.8, 4) is 0 Å². The normalized spacial score (nSPS) is 16.9. The van der Waals surface area contributed by atoms with Gasteiger partial charge in [0, 0.05) is 0 Å².